The van der Waals surface area contributed by atoms with Crippen LogP contribution in [0.15, 0.2) is 59.8 Å². The fourth-order valence-electron chi connectivity index (χ4n) is 4.91. The van der Waals surface area contributed by atoms with Crippen LogP contribution in [-0.2, 0) is 14.6 Å². The van der Waals surface area contributed by atoms with Gasteiger partial charge in [0.15, 0.2) is 9.84 Å². The van der Waals surface area contributed by atoms with Crippen LogP contribution >= 0.6 is 0 Å². The van der Waals surface area contributed by atoms with Crippen LogP contribution in [0.4, 0.5) is 4.39 Å². The van der Waals surface area contributed by atoms with Crippen LogP contribution in [-0.4, -0.2) is 29.9 Å². The molecule has 1 aromatic heterocycles. The first kappa shape index (κ1) is 24.3. The number of nitrogens with zero attached hydrogens (tertiary/aromatic N) is 1. The Balaban J connectivity index is 1.30. The molecule has 1 heterocycles. The fraction of sp³-hybridized carbons (Fsp3) is 0.407. The Bertz CT molecular complexity index is 1230. The molecule has 1 atom stereocenters. The monoisotopic (exact) mass is 482 g/mol. The number of hydrogen-bond acceptors (Lipinski definition) is 4. The van der Waals surface area contributed by atoms with E-state index in [0.717, 1.165) is 48.2 Å². The maximum Gasteiger partial charge on any atom is 0.178 e. The van der Waals surface area contributed by atoms with Gasteiger partial charge in [-0.15, -0.1) is 0 Å². The molecule has 0 amide bonds. The summed E-state index contributed by atoms with van der Waals surface area (Å²) in [6.45, 7) is 3.92. The lowest BCUT2D eigenvalue weighted by Gasteiger charge is -2.28. The number of benzene rings is 2. The Kier molecular flexibility index (Phi) is 7.31. The number of aromatic amines is 1. The molecule has 34 heavy (non-hydrogen) atoms. The summed E-state index contributed by atoms with van der Waals surface area (Å²) in [5.41, 5.74) is 3.60. The Morgan fingerprint density at radius 1 is 1.06 bits per heavy atom. The number of ketones is 1. The third-order valence-corrected chi connectivity index (χ3v) is 8.92. The van der Waals surface area contributed by atoms with E-state index < -0.39 is 9.84 Å². The molecule has 2 aromatic carbocycles. The van der Waals surface area contributed by atoms with E-state index >= 15 is 0 Å². The zero-order valence-electron chi connectivity index (χ0n) is 19.6. The van der Waals surface area contributed by atoms with Crippen molar-refractivity contribution in [2.45, 2.75) is 56.8 Å². The summed E-state index contributed by atoms with van der Waals surface area (Å²) < 4.78 is 39.1. The number of aryl methyl sites for hydroxylation is 1. The summed E-state index contributed by atoms with van der Waals surface area (Å²) in [6.07, 6.45) is 5.00. The number of imidazole rings is 1. The predicted molar refractivity (Wildman–Crippen MR) is 131 cm³/mol. The maximum absolute atomic E-state index is 13.1. The van der Waals surface area contributed by atoms with Gasteiger partial charge in [-0.25, -0.2) is 17.8 Å². The van der Waals surface area contributed by atoms with E-state index in [2.05, 4.69) is 9.97 Å². The van der Waals surface area contributed by atoms with E-state index in [-0.39, 0.29) is 35.1 Å². The number of nitrogens with one attached hydrogen (secondary N) is 1. The van der Waals surface area contributed by atoms with Gasteiger partial charge in [0, 0.05) is 23.6 Å². The summed E-state index contributed by atoms with van der Waals surface area (Å²) in [4.78, 5) is 20.5. The van der Waals surface area contributed by atoms with Crippen molar-refractivity contribution < 1.29 is 17.6 Å². The van der Waals surface area contributed by atoms with Crippen LogP contribution in [0.5, 0.6) is 0 Å². The molecular weight excluding hydrogens is 451 g/mol. The van der Waals surface area contributed by atoms with Crippen LogP contribution in [0.2, 0.25) is 0 Å². The molecule has 1 aliphatic rings. The Labute approximate surface area is 200 Å². The van der Waals surface area contributed by atoms with Gasteiger partial charge in [0.25, 0.3) is 0 Å². The number of hydrogen-bond donors (Lipinski definition) is 1. The van der Waals surface area contributed by atoms with Crippen molar-refractivity contribution in [3.8, 4) is 11.3 Å². The highest BCUT2D eigenvalue weighted by atomic mass is 32.2. The van der Waals surface area contributed by atoms with Crippen LogP contribution in [0, 0.1) is 24.6 Å². The standard InChI is InChI=1S/C27H31FN2O3S/c1-18(21-7-11-24(28)12-8-21)15-26(31)22-5-3-20(4-6-22)16-34(32,33)25-13-9-23(10-14-25)27-19(2)29-17-30-27/h7-14,17-18,20,22H,3-6,15-16H2,1-2H3,(H,29,30)/t18-,20?,22?/m0/s1. The van der Waals surface area contributed by atoms with Gasteiger partial charge in [0.05, 0.1) is 22.7 Å². The predicted octanol–water partition coefficient (Wildman–Crippen LogP) is 5.87. The third-order valence-electron chi connectivity index (χ3n) is 7.02. The van der Waals surface area contributed by atoms with E-state index in [1.165, 1.54) is 12.1 Å². The zero-order chi connectivity index (χ0) is 24.3. The molecule has 1 aliphatic carbocycles. The number of aromatic nitrogens is 2. The van der Waals surface area contributed by atoms with Gasteiger partial charge < -0.3 is 4.98 Å². The minimum Gasteiger partial charge on any atom is -0.348 e. The van der Waals surface area contributed by atoms with Crippen molar-refractivity contribution in [3.63, 3.8) is 0 Å². The molecule has 4 rings (SSSR count). The van der Waals surface area contributed by atoms with E-state index in [1.807, 2.05) is 13.8 Å². The first-order chi connectivity index (χ1) is 16.2. The van der Waals surface area contributed by atoms with E-state index in [9.17, 15) is 17.6 Å². The van der Waals surface area contributed by atoms with Crippen LogP contribution in [0.3, 0.4) is 0 Å². The van der Waals surface area contributed by atoms with Gasteiger partial charge >= 0.3 is 0 Å². The molecule has 3 aromatic rings. The summed E-state index contributed by atoms with van der Waals surface area (Å²) >= 11 is 0. The van der Waals surface area contributed by atoms with Crippen molar-refractivity contribution >= 4 is 15.6 Å². The Morgan fingerprint density at radius 2 is 1.71 bits per heavy atom. The molecule has 1 saturated carbocycles. The van der Waals surface area contributed by atoms with Crippen molar-refractivity contribution in [2.75, 3.05) is 5.75 Å². The Hall–Kier alpha value is -2.80. The molecule has 0 bridgehead atoms. The second-order valence-electron chi connectivity index (χ2n) is 9.52. The number of carbonyl (C=O) groups is 1. The van der Waals surface area contributed by atoms with Gasteiger partial charge in [0.2, 0.25) is 0 Å². The number of sulfone groups is 1. The summed E-state index contributed by atoms with van der Waals surface area (Å²) in [5.74, 6) is 0.150. The molecule has 0 spiro atoms. The lowest BCUT2D eigenvalue weighted by Crippen LogP contribution is -2.26. The summed E-state index contributed by atoms with van der Waals surface area (Å²) in [6, 6.07) is 13.2. The minimum absolute atomic E-state index is 0.0155. The molecular formula is C27H31FN2O3S. The van der Waals surface area contributed by atoms with Gasteiger partial charge in [-0.05, 0) is 74.3 Å². The largest absolute Gasteiger partial charge is 0.348 e. The first-order valence-electron chi connectivity index (χ1n) is 11.8. The van der Waals surface area contributed by atoms with E-state index in [0.29, 0.717) is 11.3 Å². The molecule has 5 nitrogen and oxygen atoms in total. The zero-order valence-corrected chi connectivity index (χ0v) is 20.4. The maximum atomic E-state index is 13.1. The molecule has 0 saturated heterocycles. The second kappa shape index (κ2) is 10.2. The van der Waals surface area contributed by atoms with Crippen molar-refractivity contribution in [3.05, 3.63) is 71.9 Å². The van der Waals surface area contributed by atoms with Crippen molar-refractivity contribution in [2.24, 2.45) is 11.8 Å². The topological polar surface area (TPSA) is 79.9 Å². The van der Waals surface area contributed by atoms with E-state index in [1.54, 1.807) is 42.7 Å². The molecule has 1 N–H and O–H groups in total. The molecule has 0 radical (unpaired) electrons. The number of H-pyrrole nitrogens is 1. The smallest absolute Gasteiger partial charge is 0.178 e. The van der Waals surface area contributed by atoms with Gasteiger partial charge in [-0.1, -0.05) is 31.2 Å². The molecule has 7 heteroatoms. The lowest BCUT2D eigenvalue weighted by molar-refractivity contribution is -0.124. The average molecular weight is 483 g/mol. The minimum atomic E-state index is -3.40. The van der Waals surface area contributed by atoms with Crippen LogP contribution in [0.1, 0.15) is 56.2 Å². The number of carbonyl (C=O) groups excluding carboxylic acids is 1. The third kappa shape index (κ3) is 5.63. The molecule has 0 aliphatic heterocycles. The SMILES string of the molecule is Cc1[nH]cnc1-c1ccc(S(=O)(=O)CC2CCC(C(=O)C[C@H](C)c3ccc(F)cc3)CC2)cc1. The Morgan fingerprint density at radius 3 is 2.29 bits per heavy atom. The number of halogens is 1. The number of rotatable bonds is 8. The second-order valence-corrected chi connectivity index (χ2v) is 11.6. The van der Waals surface area contributed by atoms with Crippen LogP contribution in [0.25, 0.3) is 11.3 Å². The van der Waals surface area contributed by atoms with E-state index in [4.69, 9.17) is 0 Å². The number of Topliss-reactive ketones (excluding diaryl/α,β-unsaturated/α-hetero) is 1. The average Bonchev–Trinajstić information content (AvgIpc) is 3.25. The van der Waals surface area contributed by atoms with Gasteiger partial charge in [-0.2, -0.15) is 0 Å². The van der Waals surface area contributed by atoms with Crippen molar-refractivity contribution in [1.29, 1.82) is 0 Å². The highest BCUT2D eigenvalue weighted by Crippen LogP contribution is 2.34. The van der Waals surface area contributed by atoms with Crippen LogP contribution < -0.4 is 0 Å². The highest BCUT2D eigenvalue weighted by Gasteiger charge is 2.30. The summed E-state index contributed by atoms with van der Waals surface area (Å²) in [5, 5.41) is 0. The fourth-order valence-corrected chi connectivity index (χ4v) is 6.60. The molecule has 1 fully saturated rings. The highest BCUT2D eigenvalue weighted by molar-refractivity contribution is 7.91. The van der Waals surface area contributed by atoms with Gasteiger partial charge in [0.1, 0.15) is 11.6 Å². The normalized spacial score (nSPS) is 19.6. The van der Waals surface area contributed by atoms with Crippen molar-refractivity contribution in [1.82, 2.24) is 9.97 Å². The molecule has 180 valence electrons. The summed E-state index contributed by atoms with van der Waals surface area (Å²) in [7, 11) is -3.40. The first-order valence-corrected chi connectivity index (χ1v) is 13.5. The van der Waals surface area contributed by atoms with Gasteiger partial charge in [-0.3, -0.25) is 4.79 Å². The quantitative estimate of drug-likeness (QED) is 0.436. The molecule has 0 unspecified atom stereocenters. The lowest BCUT2D eigenvalue weighted by atomic mass is 9.78.